The molecule has 0 aliphatic rings. The second-order valence-electron chi connectivity index (χ2n) is 14.4. The largest absolute Gasteiger partial charge is 0.370 e. The quantitative estimate of drug-likeness (QED) is 0.0235. The van der Waals surface area contributed by atoms with Crippen molar-refractivity contribution >= 4 is 47.4 Å². The fourth-order valence-corrected chi connectivity index (χ4v) is 6.00. The lowest BCUT2D eigenvalue weighted by atomic mass is 10.1. The number of rotatable bonds is 36. The van der Waals surface area contributed by atoms with Gasteiger partial charge in [-0.15, -0.1) is 0 Å². The van der Waals surface area contributed by atoms with Gasteiger partial charge in [-0.3, -0.25) is 38.9 Å². The van der Waals surface area contributed by atoms with E-state index in [4.69, 9.17) is 40.1 Å². The van der Waals surface area contributed by atoms with Crippen molar-refractivity contribution in [3.8, 4) is 0 Å². The number of primary amides is 1. The molecule has 18 N–H and O–H groups in total. The molecule has 328 valence electrons. The molecule has 0 fully saturated rings. The number of carbonyl (C=O) groups is 5. The Bertz CT molecular complexity index is 1230. The lowest BCUT2D eigenvalue weighted by molar-refractivity contribution is -0.133. The van der Waals surface area contributed by atoms with Gasteiger partial charge >= 0.3 is 0 Å². The normalized spacial score (nSPS) is 12.3. The minimum atomic E-state index is -1.12. The third-order valence-corrected chi connectivity index (χ3v) is 9.19. The number of aliphatic imine (C=N–C) groups is 3. The molecule has 0 saturated carbocycles. The fourth-order valence-electron chi connectivity index (χ4n) is 6.00. The minimum absolute atomic E-state index is 0.0504. The maximum absolute atomic E-state index is 13.6. The second kappa shape index (κ2) is 34.4. The van der Waals surface area contributed by atoms with Crippen LogP contribution in [-0.2, 0) is 24.0 Å². The van der Waals surface area contributed by atoms with Crippen LogP contribution >= 0.6 is 0 Å². The van der Waals surface area contributed by atoms with Crippen molar-refractivity contribution in [2.24, 2.45) is 55.1 Å². The summed E-state index contributed by atoms with van der Waals surface area (Å²) in [5.74, 6) is -2.68. The summed E-state index contributed by atoms with van der Waals surface area (Å²) >= 11 is 0. The Labute approximate surface area is 339 Å². The number of guanidine groups is 3. The van der Waals surface area contributed by atoms with Gasteiger partial charge in [0.25, 0.3) is 0 Å². The van der Waals surface area contributed by atoms with Gasteiger partial charge in [0.05, 0.1) is 0 Å². The van der Waals surface area contributed by atoms with Crippen molar-refractivity contribution < 1.29 is 24.0 Å². The van der Waals surface area contributed by atoms with Gasteiger partial charge < -0.3 is 61.4 Å². The first-order valence-corrected chi connectivity index (χ1v) is 20.9. The highest BCUT2D eigenvalue weighted by Crippen LogP contribution is 2.12. The molecule has 0 aliphatic carbocycles. The molecule has 19 nitrogen and oxygen atoms in total. The SMILES string of the molecule is CCCCCCCCCCCCCC(=O)NCCCCCC(=O)N[C@@H](CCCN=C(N)N)C(=O)N[C@@H](CCCN=C(N)N)C(=O)N[C@@H](CCCN=C(N)N)C(N)=O. The molecule has 0 unspecified atom stereocenters. The first-order valence-electron chi connectivity index (χ1n) is 20.9. The van der Waals surface area contributed by atoms with Crippen LogP contribution in [0.3, 0.4) is 0 Å². The van der Waals surface area contributed by atoms with Crippen LogP contribution in [-0.4, -0.2) is 91.7 Å². The van der Waals surface area contributed by atoms with E-state index in [1.807, 2.05) is 0 Å². The average Bonchev–Trinajstić information content (AvgIpc) is 3.15. The van der Waals surface area contributed by atoms with Crippen LogP contribution < -0.4 is 61.4 Å². The Balaban J connectivity index is 5.04. The molecule has 0 radical (unpaired) electrons. The molecular formula is C38H76N14O5. The minimum Gasteiger partial charge on any atom is -0.370 e. The van der Waals surface area contributed by atoms with Crippen molar-refractivity contribution in [3.63, 3.8) is 0 Å². The molecule has 0 heterocycles. The zero-order chi connectivity index (χ0) is 42.7. The monoisotopic (exact) mass is 809 g/mol. The summed E-state index contributed by atoms with van der Waals surface area (Å²) in [7, 11) is 0. The molecule has 0 aliphatic heterocycles. The van der Waals surface area contributed by atoms with E-state index in [1.165, 1.54) is 57.8 Å². The number of hydrogen-bond donors (Lipinski definition) is 11. The van der Waals surface area contributed by atoms with Gasteiger partial charge in [-0.1, -0.05) is 77.6 Å². The Kier molecular flexibility index (Phi) is 31.5. The van der Waals surface area contributed by atoms with Crippen molar-refractivity contribution in [2.45, 2.75) is 166 Å². The van der Waals surface area contributed by atoms with Crippen LogP contribution in [0, 0.1) is 0 Å². The third-order valence-electron chi connectivity index (χ3n) is 9.19. The summed E-state index contributed by atoms with van der Waals surface area (Å²) in [6.07, 6.45) is 17.7. The molecule has 19 heteroatoms. The Morgan fingerprint density at radius 2 is 0.807 bits per heavy atom. The molecule has 0 saturated heterocycles. The Hall–Kier alpha value is -4.84. The maximum atomic E-state index is 13.6. The van der Waals surface area contributed by atoms with Crippen molar-refractivity contribution in [1.82, 2.24) is 21.3 Å². The van der Waals surface area contributed by atoms with Crippen LogP contribution in [0.5, 0.6) is 0 Å². The molecule has 0 rings (SSSR count). The number of unbranched alkanes of at least 4 members (excludes halogenated alkanes) is 12. The second-order valence-corrected chi connectivity index (χ2v) is 14.4. The van der Waals surface area contributed by atoms with Gasteiger partial charge in [-0.2, -0.15) is 0 Å². The number of nitrogens with zero attached hydrogens (tertiary/aromatic N) is 3. The van der Waals surface area contributed by atoms with E-state index in [0.29, 0.717) is 45.1 Å². The van der Waals surface area contributed by atoms with E-state index >= 15 is 0 Å². The van der Waals surface area contributed by atoms with E-state index in [-0.39, 0.29) is 75.0 Å². The highest BCUT2D eigenvalue weighted by Gasteiger charge is 2.28. The highest BCUT2D eigenvalue weighted by molar-refractivity contribution is 5.94. The maximum Gasteiger partial charge on any atom is 0.243 e. The number of nitrogens with one attached hydrogen (secondary N) is 4. The van der Waals surface area contributed by atoms with Gasteiger partial charge in [0.1, 0.15) is 18.1 Å². The molecule has 3 atom stereocenters. The molecule has 0 spiro atoms. The topological polar surface area (TPSA) is 353 Å². The summed E-state index contributed by atoms with van der Waals surface area (Å²) in [5, 5.41) is 11.0. The number of carbonyl (C=O) groups excluding carboxylic acids is 5. The number of hydrogen-bond acceptors (Lipinski definition) is 8. The van der Waals surface area contributed by atoms with E-state index in [2.05, 4.69) is 43.2 Å². The smallest absolute Gasteiger partial charge is 0.243 e. The average molecular weight is 809 g/mol. The standard InChI is InChI=1S/C38H76N14O5/c1-2-3-4-5-6-7-8-9-10-11-13-22-31(53)46-24-15-12-14-23-32(54)50-29(20-17-26-48-37(42)43)34(56)52-30(21-18-27-49-38(44)45)35(57)51-28(33(39)55)19-16-25-47-36(40)41/h28-30H,2-27H2,1H3,(H2,39,55)(H,46,53)(H,50,54)(H,51,57)(H,52,56)(H4,40,41,47)(H4,42,43,48)(H4,44,45,49)/t28-,29-,30-/m0/s1. The number of amides is 5. The molecular weight excluding hydrogens is 733 g/mol. The van der Waals surface area contributed by atoms with Gasteiger partial charge in [0.2, 0.25) is 29.5 Å². The molecule has 57 heavy (non-hydrogen) atoms. The lowest BCUT2D eigenvalue weighted by Gasteiger charge is -2.25. The van der Waals surface area contributed by atoms with Crippen LogP contribution in [0.2, 0.25) is 0 Å². The summed E-state index contributed by atoms with van der Waals surface area (Å²) < 4.78 is 0. The summed E-state index contributed by atoms with van der Waals surface area (Å²) in [6, 6.07) is -3.18. The lowest BCUT2D eigenvalue weighted by Crippen LogP contribution is -2.56. The Morgan fingerprint density at radius 3 is 1.25 bits per heavy atom. The predicted octanol–water partition coefficient (Wildman–Crippen LogP) is 0.465. The summed E-state index contributed by atoms with van der Waals surface area (Å²) in [5.41, 5.74) is 38.0. The first-order chi connectivity index (χ1) is 27.3. The summed E-state index contributed by atoms with van der Waals surface area (Å²) in [6.45, 7) is 3.39. The summed E-state index contributed by atoms with van der Waals surface area (Å²) in [4.78, 5) is 76.1. The molecule has 5 amide bonds. The van der Waals surface area contributed by atoms with Crippen LogP contribution in [0.1, 0.15) is 148 Å². The third kappa shape index (κ3) is 32.0. The predicted molar refractivity (Wildman–Crippen MR) is 227 cm³/mol. The van der Waals surface area contributed by atoms with Crippen LogP contribution in [0.15, 0.2) is 15.0 Å². The van der Waals surface area contributed by atoms with E-state index in [1.54, 1.807) is 0 Å². The molecule has 0 aromatic heterocycles. The molecule has 0 aromatic carbocycles. The zero-order valence-corrected chi connectivity index (χ0v) is 34.5. The fraction of sp³-hybridized carbons (Fsp3) is 0.789. The zero-order valence-electron chi connectivity index (χ0n) is 34.5. The number of nitrogens with two attached hydrogens (primary N) is 7. The van der Waals surface area contributed by atoms with Gasteiger partial charge in [-0.05, 0) is 57.8 Å². The van der Waals surface area contributed by atoms with Crippen molar-refractivity contribution in [1.29, 1.82) is 0 Å². The van der Waals surface area contributed by atoms with E-state index < -0.39 is 35.8 Å². The Morgan fingerprint density at radius 1 is 0.439 bits per heavy atom. The highest BCUT2D eigenvalue weighted by atomic mass is 16.2. The molecule has 0 aromatic rings. The van der Waals surface area contributed by atoms with Crippen molar-refractivity contribution in [2.75, 3.05) is 26.2 Å². The van der Waals surface area contributed by atoms with Gasteiger partial charge in [0.15, 0.2) is 17.9 Å². The molecule has 0 bridgehead atoms. The van der Waals surface area contributed by atoms with Gasteiger partial charge in [0, 0.05) is 39.0 Å². The van der Waals surface area contributed by atoms with Crippen LogP contribution in [0.25, 0.3) is 0 Å². The van der Waals surface area contributed by atoms with E-state index in [0.717, 1.165) is 19.3 Å². The van der Waals surface area contributed by atoms with Crippen molar-refractivity contribution in [3.05, 3.63) is 0 Å². The van der Waals surface area contributed by atoms with E-state index in [9.17, 15) is 24.0 Å². The van der Waals surface area contributed by atoms with Gasteiger partial charge in [-0.25, -0.2) is 0 Å². The first kappa shape index (κ1) is 52.2. The van der Waals surface area contributed by atoms with Crippen LogP contribution in [0.4, 0.5) is 0 Å².